The lowest BCUT2D eigenvalue weighted by Crippen LogP contribution is -2.66. The summed E-state index contributed by atoms with van der Waals surface area (Å²) in [6.07, 6.45) is 1.94. The van der Waals surface area contributed by atoms with E-state index in [4.69, 9.17) is 0 Å². The number of hydrogen-bond donors (Lipinski definition) is 1. The van der Waals surface area contributed by atoms with Crippen molar-refractivity contribution in [2.75, 3.05) is 11.9 Å². The van der Waals surface area contributed by atoms with Crippen molar-refractivity contribution in [2.24, 2.45) is 7.05 Å². The second-order valence-corrected chi connectivity index (χ2v) is 6.68. The predicted octanol–water partition coefficient (Wildman–Crippen LogP) is 2.82. The van der Waals surface area contributed by atoms with Gasteiger partial charge in [0.25, 0.3) is 5.91 Å². The van der Waals surface area contributed by atoms with E-state index in [1.807, 2.05) is 50.2 Å². The molecule has 1 aromatic heterocycles. The van der Waals surface area contributed by atoms with Gasteiger partial charge in [-0.3, -0.25) is 14.3 Å². The van der Waals surface area contributed by atoms with Gasteiger partial charge in [-0.05, 0) is 19.8 Å². The van der Waals surface area contributed by atoms with E-state index >= 15 is 0 Å². The van der Waals surface area contributed by atoms with Crippen LogP contribution in [0.25, 0.3) is 11.3 Å². The average Bonchev–Trinajstić information content (AvgIpc) is 2.95. The molecule has 1 fully saturated rings. The molecule has 2 aromatic rings. The summed E-state index contributed by atoms with van der Waals surface area (Å²) in [5, 5.41) is 7.40. The Kier molecular flexibility index (Phi) is 4.61. The molecule has 0 bridgehead atoms. The number of carbonyl (C=O) groups is 2. The van der Waals surface area contributed by atoms with Crippen LogP contribution in [0.15, 0.2) is 36.4 Å². The molecule has 6 heteroatoms. The van der Waals surface area contributed by atoms with Gasteiger partial charge in [0.2, 0.25) is 5.91 Å². The van der Waals surface area contributed by atoms with Crippen molar-refractivity contribution in [1.82, 2.24) is 14.7 Å². The van der Waals surface area contributed by atoms with Crippen molar-refractivity contribution >= 4 is 17.6 Å². The summed E-state index contributed by atoms with van der Waals surface area (Å²) in [5.41, 5.74) is 1.02. The van der Waals surface area contributed by atoms with Crippen LogP contribution in [0.4, 0.5) is 5.82 Å². The van der Waals surface area contributed by atoms with Gasteiger partial charge in [0.05, 0.1) is 5.69 Å². The fourth-order valence-electron chi connectivity index (χ4n) is 3.13. The van der Waals surface area contributed by atoms with E-state index in [0.717, 1.165) is 17.7 Å². The van der Waals surface area contributed by atoms with Gasteiger partial charge in [0, 0.05) is 31.6 Å². The molecule has 2 heterocycles. The summed E-state index contributed by atoms with van der Waals surface area (Å²) in [4.78, 5) is 26.7. The maximum atomic E-state index is 12.8. The summed E-state index contributed by atoms with van der Waals surface area (Å²) in [5.74, 6) is 0.507. The minimum atomic E-state index is -0.774. The van der Waals surface area contributed by atoms with Crippen molar-refractivity contribution < 1.29 is 9.59 Å². The second-order valence-electron chi connectivity index (χ2n) is 6.68. The quantitative estimate of drug-likeness (QED) is 0.910. The normalized spacial score (nSPS) is 19.4. The van der Waals surface area contributed by atoms with E-state index in [-0.39, 0.29) is 11.8 Å². The summed E-state index contributed by atoms with van der Waals surface area (Å²) >= 11 is 0. The highest BCUT2D eigenvalue weighted by Crippen LogP contribution is 2.33. The van der Waals surface area contributed by atoms with Gasteiger partial charge in [-0.25, -0.2) is 0 Å². The largest absolute Gasteiger partial charge is 0.328 e. The number of aromatic nitrogens is 2. The first-order valence-electron chi connectivity index (χ1n) is 8.67. The molecule has 6 nitrogen and oxygen atoms in total. The Bertz CT molecular complexity index is 784. The van der Waals surface area contributed by atoms with Crippen LogP contribution in [-0.2, 0) is 16.6 Å². The van der Waals surface area contributed by atoms with Gasteiger partial charge in [0.1, 0.15) is 11.4 Å². The van der Waals surface area contributed by atoms with E-state index in [2.05, 4.69) is 10.4 Å². The molecule has 0 aliphatic carbocycles. The molecule has 132 valence electrons. The summed E-state index contributed by atoms with van der Waals surface area (Å²) in [6.45, 7) is 4.44. The SMILES string of the molecule is CCCC(=O)N1CCC1(C)C(=O)Nc1cc(-c2ccccc2)nn1C. The van der Waals surface area contributed by atoms with Crippen LogP contribution < -0.4 is 5.32 Å². The highest BCUT2D eigenvalue weighted by molar-refractivity contribution is 6.01. The lowest BCUT2D eigenvalue weighted by atomic mass is 9.85. The van der Waals surface area contributed by atoms with E-state index in [9.17, 15) is 9.59 Å². The average molecular weight is 340 g/mol. The number of carbonyl (C=O) groups excluding carboxylic acids is 2. The molecular formula is C19H24N4O2. The van der Waals surface area contributed by atoms with Gasteiger partial charge in [-0.1, -0.05) is 37.3 Å². The van der Waals surface area contributed by atoms with Crippen LogP contribution in [0.5, 0.6) is 0 Å². The summed E-state index contributed by atoms with van der Waals surface area (Å²) in [7, 11) is 1.80. The molecule has 0 radical (unpaired) electrons. The van der Waals surface area contributed by atoms with Crippen molar-refractivity contribution in [2.45, 2.75) is 38.6 Å². The Labute approximate surface area is 147 Å². The Morgan fingerprint density at radius 2 is 2.00 bits per heavy atom. The number of rotatable bonds is 5. The summed E-state index contributed by atoms with van der Waals surface area (Å²) < 4.78 is 1.65. The number of nitrogens with zero attached hydrogens (tertiary/aromatic N) is 3. The standard InChI is InChI=1S/C19H24N4O2/c1-4-8-17(24)23-12-11-19(23,2)18(25)20-16-13-15(21-22(16)3)14-9-6-5-7-10-14/h5-7,9-10,13H,4,8,11-12H2,1-3H3,(H,20,25). The molecule has 1 aromatic carbocycles. The predicted molar refractivity (Wildman–Crippen MR) is 96.9 cm³/mol. The monoisotopic (exact) mass is 340 g/mol. The number of hydrogen-bond acceptors (Lipinski definition) is 3. The minimum Gasteiger partial charge on any atom is -0.328 e. The Hall–Kier alpha value is -2.63. The topological polar surface area (TPSA) is 67.2 Å². The lowest BCUT2D eigenvalue weighted by molar-refractivity contribution is -0.154. The fourth-order valence-corrected chi connectivity index (χ4v) is 3.13. The smallest absolute Gasteiger partial charge is 0.251 e. The van der Waals surface area contributed by atoms with Crippen LogP contribution in [0, 0.1) is 0 Å². The van der Waals surface area contributed by atoms with Crippen molar-refractivity contribution in [1.29, 1.82) is 0 Å². The van der Waals surface area contributed by atoms with Crippen molar-refractivity contribution in [3.63, 3.8) is 0 Å². The molecule has 25 heavy (non-hydrogen) atoms. The molecule has 0 spiro atoms. The zero-order valence-electron chi connectivity index (χ0n) is 15.0. The zero-order chi connectivity index (χ0) is 18.0. The van der Waals surface area contributed by atoms with Gasteiger partial charge >= 0.3 is 0 Å². The Morgan fingerprint density at radius 3 is 2.60 bits per heavy atom. The van der Waals surface area contributed by atoms with Crippen LogP contribution in [-0.4, -0.2) is 38.6 Å². The molecule has 1 N–H and O–H groups in total. The maximum Gasteiger partial charge on any atom is 0.251 e. The maximum absolute atomic E-state index is 12.8. The van der Waals surface area contributed by atoms with Crippen LogP contribution >= 0.6 is 0 Å². The second kappa shape index (κ2) is 6.70. The highest BCUT2D eigenvalue weighted by Gasteiger charge is 2.49. The molecule has 1 aliphatic heterocycles. The Morgan fingerprint density at radius 1 is 1.28 bits per heavy atom. The third-order valence-corrected chi connectivity index (χ3v) is 4.86. The number of amides is 2. The first kappa shape index (κ1) is 17.2. The van der Waals surface area contributed by atoms with Crippen LogP contribution in [0.1, 0.15) is 33.1 Å². The number of aryl methyl sites for hydroxylation is 1. The molecule has 1 atom stereocenters. The molecule has 1 unspecified atom stereocenters. The lowest BCUT2D eigenvalue weighted by Gasteiger charge is -2.49. The first-order valence-corrected chi connectivity index (χ1v) is 8.67. The van der Waals surface area contributed by atoms with Gasteiger partial charge in [-0.15, -0.1) is 0 Å². The van der Waals surface area contributed by atoms with E-state index in [1.54, 1.807) is 16.6 Å². The molecule has 2 amide bonds. The van der Waals surface area contributed by atoms with Gasteiger partial charge in [0.15, 0.2) is 0 Å². The number of benzene rings is 1. The van der Waals surface area contributed by atoms with E-state index in [1.165, 1.54) is 0 Å². The highest BCUT2D eigenvalue weighted by atomic mass is 16.2. The molecule has 0 saturated carbocycles. The number of anilines is 1. The van der Waals surface area contributed by atoms with Crippen LogP contribution in [0.3, 0.4) is 0 Å². The third-order valence-electron chi connectivity index (χ3n) is 4.86. The zero-order valence-corrected chi connectivity index (χ0v) is 15.0. The van der Waals surface area contributed by atoms with Crippen molar-refractivity contribution in [3.05, 3.63) is 36.4 Å². The third kappa shape index (κ3) is 3.16. The van der Waals surface area contributed by atoms with Gasteiger partial charge in [-0.2, -0.15) is 5.10 Å². The fraction of sp³-hybridized carbons (Fsp3) is 0.421. The van der Waals surface area contributed by atoms with Crippen molar-refractivity contribution in [3.8, 4) is 11.3 Å². The first-order chi connectivity index (χ1) is 12.0. The van der Waals surface area contributed by atoms with Crippen LogP contribution in [0.2, 0.25) is 0 Å². The molecule has 3 rings (SSSR count). The summed E-state index contributed by atoms with van der Waals surface area (Å²) in [6, 6.07) is 11.7. The molecule has 1 saturated heterocycles. The molecular weight excluding hydrogens is 316 g/mol. The van der Waals surface area contributed by atoms with E-state index in [0.29, 0.717) is 25.2 Å². The molecule has 1 aliphatic rings. The number of nitrogens with one attached hydrogen (secondary N) is 1. The van der Waals surface area contributed by atoms with E-state index < -0.39 is 5.54 Å². The number of likely N-dealkylation sites (tertiary alicyclic amines) is 1. The van der Waals surface area contributed by atoms with Gasteiger partial charge < -0.3 is 10.2 Å². The Balaban J connectivity index is 1.75. The minimum absolute atomic E-state index is 0.0429.